The summed E-state index contributed by atoms with van der Waals surface area (Å²) in [5, 5.41) is 29.9. The molecule has 13 nitrogen and oxygen atoms in total. The monoisotopic (exact) mass is 571 g/mol. The molecule has 14 heteroatoms. The van der Waals surface area contributed by atoms with E-state index in [1.807, 2.05) is 0 Å². The highest BCUT2D eigenvalue weighted by Gasteiger charge is 2.19. The Morgan fingerprint density at radius 3 is 1.90 bits per heavy atom. The number of nitro groups is 2. The number of rotatable bonds is 24. The highest BCUT2D eigenvalue weighted by molar-refractivity contribution is 7.80. The zero-order chi connectivity index (χ0) is 28.7. The molecule has 0 atom stereocenters. The quantitative estimate of drug-likeness (QED) is 0.0625. The van der Waals surface area contributed by atoms with E-state index in [2.05, 4.69) is 28.6 Å². The van der Waals surface area contributed by atoms with E-state index < -0.39 is 27.1 Å². The molecule has 0 aliphatic heterocycles. The Bertz CT molecular complexity index is 890. The van der Waals surface area contributed by atoms with Gasteiger partial charge < -0.3 is 25.4 Å². The van der Waals surface area contributed by atoms with Crippen LogP contribution in [0.3, 0.4) is 0 Å². The molecule has 2 amide bonds. The normalized spacial score (nSPS) is 10.7. The van der Waals surface area contributed by atoms with E-state index in [-0.39, 0.29) is 31.3 Å². The average molecular weight is 572 g/mol. The van der Waals surface area contributed by atoms with Crippen molar-refractivity contribution in [3.63, 3.8) is 0 Å². The maximum absolute atomic E-state index is 11.9. The van der Waals surface area contributed by atoms with Crippen molar-refractivity contribution in [1.82, 2.24) is 10.6 Å². The molecule has 1 aromatic rings. The first kappa shape index (κ1) is 34.1. The lowest BCUT2D eigenvalue weighted by atomic mass is 10.1. The van der Waals surface area contributed by atoms with Crippen molar-refractivity contribution in [2.24, 2.45) is 0 Å². The van der Waals surface area contributed by atoms with Crippen molar-refractivity contribution >= 4 is 41.5 Å². The Morgan fingerprint density at radius 2 is 1.33 bits per heavy atom. The number of carbonyl (C=O) groups excluding carboxylic acids is 2. The minimum atomic E-state index is -0.756. The van der Waals surface area contributed by atoms with Crippen molar-refractivity contribution in [3.05, 3.63) is 38.4 Å². The Balaban J connectivity index is 1.97. The molecule has 0 bridgehead atoms. The smallest absolute Gasteiger partial charge is 0.299 e. The van der Waals surface area contributed by atoms with Crippen molar-refractivity contribution in [3.8, 4) is 0 Å². The summed E-state index contributed by atoms with van der Waals surface area (Å²) in [5.41, 5.74) is -0.894. The standard InChI is InChI=1S/C25H41N5O8S/c31-24(9-7-5-3-1-2-4-6-8-18-39)26-12-14-37-16-17-38-15-13-27-25(32)20-28-22-11-10-21(29(33)34)19-23(22)30(35)36/h10-11,19,28,39H,1-9,12-18,20H2,(H,26,31)(H,27,32). The van der Waals surface area contributed by atoms with Crippen LogP contribution in [0.25, 0.3) is 0 Å². The zero-order valence-electron chi connectivity index (χ0n) is 22.4. The number of carbonyl (C=O) groups is 2. The van der Waals surface area contributed by atoms with Crippen molar-refractivity contribution in [2.75, 3.05) is 57.1 Å². The molecular formula is C25H41N5O8S. The lowest BCUT2D eigenvalue weighted by Crippen LogP contribution is -2.32. The van der Waals surface area contributed by atoms with Gasteiger partial charge in [-0.3, -0.25) is 29.8 Å². The molecule has 0 unspecified atom stereocenters. The Kier molecular flexibility index (Phi) is 19.1. The second-order valence-corrected chi connectivity index (χ2v) is 9.24. The molecule has 0 saturated carbocycles. The van der Waals surface area contributed by atoms with Crippen molar-refractivity contribution in [1.29, 1.82) is 0 Å². The first-order valence-corrected chi connectivity index (χ1v) is 13.9. The van der Waals surface area contributed by atoms with E-state index in [1.165, 1.54) is 44.6 Å². The molecule has 0 spiro atoms. The zero-order valence-corrected chi connectivity index (χ0v) is 23.3. The maximum Gasteiger partial charge on any atom is 0.299 e. The van der Waals surface area contributed by atoms with Gasteiger partial charge in [-0.1, -0.05) is 38.5 Å². The number of nitrogens with one attached hydrogen (secondary N) is 3. The number of non-ortho nitro benzene ring substituents is 1. The summed E-state index contributed by atoms with van der Waals surface area (Å²) >= 11 is 4.21. The second kappa shape index (κ2) is 21.9. The number of hydrogen-bond acceptors (Lipinski definition) is 10. The van der Waals surface area contributed by atoms with Gasteiger partial charge in [-0.05, 0) is 24.7 Å². The first-order valence-electron chi connectivity index (χ1n) is 13.3. The fourth-order valence-corrected chi connectivity index (χ4v) is 3.79. The van der Waals surface area contributed by atoms with E-state index in [1.54, 1.807) is 0 Å². The van der Waals surface area contributed by atoms with Crippen LogP contribution in [0.5, 0.6) is 0 Å². The largest absolute Gasteiger partial charge is 0.377 e. The van der Waals surface area contributed by atoms with Crippen LogP contribution in [0.15, 0.2) is 18.2 Å². The van der Waals surface area contributed by atoms with Crippen LogP contribution in [-0.4, -0.2) is 73.5 Å². The Hall–Kier alpha value is -2.97. The van der Waals surface area contributed by atoms with Crippen LogP contribution in [0.1, 0.15) is 57.8 Å². The fraction of sp³-hybridized carbons (Fsp3) is 0.680. The third kappa shape index (κ3) is 17.3. The predicted molar refractivity (Wildman–Crippen MR) is 151 cm³/mol. The van der Waals surface area contributed by atoms with Crippen LogP contribution < -0.4 is 16.0 Å². The summed E-state index contributed by atoms with van der Waals surface area (Å²) in [6.45, 7) is 1.74. The Morgan fingerprint density at radius 1 is 0.769 bits per heavy atom. The molecule has 3 N–H and O–H groups in total. The number of thiol groups is 1. The Labute approximate surface area is 234 Å². The van der Waals surface area contributed by atoms with Crippen molar-refractivity contribution < 1.29 is 28.9 Å². The van der Waals surface area contributed by atoms with Gasteiger partial charge in [0.05, 0.1) is 48.9 Å². The van der Waals surface area contributed by atoms with Crippen molar-refractivity contribution in [2.45, 2.75) is 57.8 Å². The lowest BCUT2D eigenvalue weighted by molar-refractivity contribution is -0.393. The van der Waals surface area contributed by atoms with Crippen LogP contribution in [0.4, 0.5) is 17.1 Å². The van der Waals surface area contributed by atoms with E-state index in [9.17, 15) is 29.8 Å². The maximum atomic E-state index is 11.9. The highest BCUT2D eigenvalue weighted by atomic mass is 32.1. The molecule has 0 fully saturated rings. The molecule has 0 aromatic heterocycles. The highest BCUT2D eigenvalue weighted by Crippen LogP contribution is 2.28. The van der Waals surface area contributed by atoms with Gasteiger partial charge in [-0.2, -0.15) is 12.6 Å². The molecule has 220 valence electrons. The third-order valence-electron chi connectivity index (χ3n) is 5.65. The number of unbranched alkanes of at least 4 members (excludes halogenated alkanes) is 7. The summed E-state index contributed by atoms with van der Waals surface area (Å²) in [7, 11) is 0. The van der Waals surface area contributed by atoms with Crippen LogP contribution in [-0.2, 0) is 19.1 Å². The number of nitro benzene ring substituents is 2. The first-order chi connectivity index (χ1) is 18.8. The molecule has 0 radical (unpaired) electrons. The minimum Gasteiger partial charge on any atom is -0.377 e. The number of anilines is 1. The van der Waals surface area contributed by atoms with Gasteiger partial charge in [0, 0.05) is 25.6 Å². The third-order valence-corrected chi connectivity index (χ3v) is 5.97. The number of benzene rings is 1. The molecule has 0 heterocycles. The van der Waals surface area contributed by atoms with Gasteiger partial charge in [0.25, 0.3) is 11.4 Å². The summed E-state index contributed by atoms with van der Waals surface area (Å²) in [4.78, 5) is 44.2. The summed E-state index contributed by atoms with van der Waals surface area (Å²) in [6.07, 6.45) is 9.88. The van der Waals surface area contributed by atoms with E-state index in [4.69, 9.17) is 9.47 Å². The molecular weight excluding hydrogens is 530 g/mol. The fourth-order valence-electron chi connectivity index (χ4n) is 3.57. The van der Waals surface area contributed by atoms with Crippen LogP contribution in [0.2, 0.25) is 0 Å². The van der Waals surface area contributed by atoms with Gasteiger partial charge in [0.1, 0.15) is 5.69 Å². The summed E-state index contributed by atoms with van der Waals surface area (Å²) < 4.78 is 10.8. The molecule has 1 rings (SSSR count). The predicted octanol–water partition coefficient (Wildman–Crippen LogP) is 3.62. The molecule has 0 aliphatic carbocycles. The second-order valence-electron chi connectivity index (χ2n) is 8.80. The van der Waals surface area contributed by atoms with E-state index >= 15 is 0 Å². The molecule has 39 heavy (non-hydrogen) atoms. The molecule has 0 saturated heterocycles. The van der Waals surface area contributed by atoms with Gasteiger partial charge in [-0.25, -0.2) is 0 Å². The SMILES string of the molecule is O=C(CCCCCCCCCCS)NCCOCCOCCNC(=O)CNc1ccc([N+](=O)[O-])cc1[N+](=O)[O-]. The molecule has 1 aromatic carbocycles. The van der Waals surface area contributed by atoms with E-state index in [0.29, 0.717) is 32.8 Å². The summed E-state index contributed by atoms with van der Waals surface area (Å²) in [6, 6.07) is 3.14. The average Bonchev–Trinajstić information content (AvgIpc) is 2.91. The van der Waals surface area contributed by atoms with Gasteiger partial charge in [-0.15, -0.1) is 0 Å². The topological polar surface area (TPSA) is 175 Å². The van der Waals surface area contributed by atoms with Gasteiger partial charge in [0.15, 0.2) is 0 Å². The lowest BCUT2D eigenvalue weighted by Gasteiger charge is -2.09. The van der Waals surface area contributed by atoms with Gasteiger partial charge in [0.2, 0.25) is 11.8 Å². The number of hydrogen-bond donors (Lipinski definition) is 4. The van der Waals surface area contributed by atoms with Crippen LogP contribution >= 0.6 is 12.6 Å². The molecule has 0 aliphatic rings. The van der Waals surface area contributed by atoms with Crippen LogP contribution in [0, 0.1) is 20.2 Å². The minimum absolute atomic E-state index is 0.00637. The number of ether oxygens (including phenoxy) is 2. The number of amides is 2. The van der Waals surface area contributed by atoms with E-state index in [0.717, 1.165) is 30.7 Å². The number of nitrogens with zero attached hydrogens (tertiary/aromatic N) is 2. The summed E-state index contributed by atoms with van der Waals surface area (Å²) in [5.74, 6) is 0.583. The van der Waals surface area contributed by atoms with Gasteiger partial charge >= 0.3 is 0 Å².